The molecule has 128 valence electrons. The second-order valence-electron chi connectivity index (χ2n) is 6.92. The Bertz CT molecular complexity index is 708. The third-order valence-corrected chi connectivity index (χ3v) is 4.64. The first kappa shape index (κ1) is 16.8. The van der Waals surface area contributed by atoms with E-state index in [9.17, 15) is 4.79 Å². The van der Waals surface area contributed by atoms with Crippen LogP contribution in [0.4, 0.5) is 10.5 Å². The molecule has 0 radical (unpaired) electrons. The zero-order valence-electron chi connectivity index (χ0n) is 14.3. The van der Waals surface area contributed by atoms with Crippen molar-refractivity contribution in [3.63, 3.8) is 0 Å². The monoisotopic (exact) mass is 345 g/mol. The fourth-order valence-electron chi connectivity index (χ4n) is 2.74. The van der Waals surface area contributed by atoms with Gasteiger partial charge in [0.2, 0.25) is 0 Å². The molecule has 0 saturated heterocycles. The number of thiazole rings is 1. The quantitative estimate of drug-likeness (QED) is 0.912. The van der Waals surface area contributed by atoms with Crippen molar-refractivity contribution >= 4 is 23.1 Å². The highest BCUT2D eigenvalue weighted by atomic mass is 32.1. The fourth-order valence-corrected chi connectivity index (χ4v) is 3.27. The topological polar surface area (TPSA) is 54.5 Å². The normalized spacial score (nSPS) is 14.2. The Balaban J connectivity index is 1.73. The lowest BCUT2D eigenvalue weighted by Gasteiger charge is -2.32. The van der Waals surface area contributed by atoms with E-state index in [4.69, 9.17) is 4.74 Å². The largest absolute Gasteiger partial charge is 0.444 e. The maximum absolute atomic E-state index is 12.4. The van der Waals surface area contributed by atoms with Crippen molar-refractivity contribution in [2.75, 3.05) is 11.9 Å². The Morgan fingerprint density at radius 1 is 1.42 bits per heavy atom. The van der Waals surface area contributed by atoms with Crippen molar-refractivity contribution in [1.29, 1.82) is 0 Å². The van der Waals surface area contributed by atoms with E-state index >= 15 is 0 Å². The van der Waals surface area contributed by atoms with Crippen molar-refractivity contribution in [1.82, 2.24) is 9.88 Å². The van der Waals surface area contributed by atoms with Crippen LogP contribution in [-0.2, 0) is 24.2 Å². The Hall–Kier alpha value is -2.08. The summed E-state index contributed by atoms with van der Waals surface area (Å²) in [5.41, 5.74) is 4.92. The van der Waals surface area contributed by atoms with E-state index in [2.05, 4.69) is 28.5 Å². The summed E-state index contributed by atoms with van der Waals surface area (Å²) in [6, 6.07) is 6.27. The number of anilines is 1. The summed E-state index contributed by atoms with van der Waals surface area (Å²) in [6.07, 6.45) is 2.48. The highest BCUT2D eigenvalue weighted by Gasteiger charge is 2.26. The van der Waals surface area contributed by atoms with E-state index in [1.807, 2.05) is 32.5 Å². The fraction of sp³-hybridized carbons (Fsp3) is 0.444. The summed E-state index contributed by atoms with van der Waals surface area (Å²) < 4.78 is 5.51. The molecule has 0 atom stereocenters. The molecule has 2 aromatic rings. The maximum atomic E-state index is 12.4. The first-order chi connectivity index (χ1) is 11.4. The third-order valence-electron chi connectivity index (χ3n) is 3.86. The van der Waals surface area contributed by atoms with Gasteiger partial charge in [0.05, 0.1) is 18.6 Å². The number of nitrogens with zero attached hydrogens (tertiary/aromatic N) is 2. The Kier molecular flexibility index (Phi) is 4.76. The minimum absolute atomic E-state index is 0.245. The zero-order valence-corrected chi connectivity index (χ0v) is 15.2. The van der Waals surface area contributed by atoms with Crippen LogP contribution in [0.15, 0.2) is 29.9 Å². The summed E-state index contributed by atoms with van der Waals surface area (Å²) in [4.78, 5) is 19.4. The number of fused-ring (bicyclic) bond motifs is 1. The Labute approximate surface area is 146 Å². The molecule has 2 heterocycles. The van der Waals surface area contributed by atoms with E-state index in [0.717, 1.165) is 18.7 Å². The molecule has 1 aromatic carbocycles. The van der Waals surface area contributed by atoms with Gasteiger partial charge >= 0.3 is 6.09 Å². The van der Waals surface area contributed by atoms with Gasteiger partial charge in [0.25, 0.3) is 0 Å². The van der Waals surface area contributed by atoms with E-state index in [-0.39, 0.29) is 6.09 Å². The minimum Gasteiger partial charge on any atom is -0.444 e. The summed E-state index contributed by atoms with van der Waals surface area (Å²) in [5, 5.41) is 3.47. The third kappa shape index (κ3) is 4.06. The summed E-state index contributed by atoms with van der Waals surface area (Å²) in [5.74, 6) is 0. The summed E-state index contributed by atoms with van der Waals surface area (Å²) >= 11 is 1.63. The Morgan fingerprint density at radius 2 is 2.25 bits per heavy atom. The van der Waals surface area contributed by atoms with Gasteiger partial charge < -0.3 is 15.0 Å². The molecular formula is C18H23N3O2S. The number of nitrogens with one attached hydrogen (secondary N) is 1. The Morgan fingerprint density at radius 3 is 2.96 bits per heavy atom. The number of ether oxygens (including phenoxy) is 1. The van der Waals surface area contributed by atoms with Crippen LogP contribution in [0.25, 0.3) is 0 Å². The van der Waals surface area contributed by atoms with Gasteiger partial charge in [-0.1, -0.05) is 12.1 Å². The average Bonchev–Trinajstić information content (AvgIpc) is 3.04. The molecule has 1 amide bonds. The highest BCUT2D eigenvalue weighted by Crippen LogP contribution is 2.28. The maximum Gasteiger partial charge on any atom is 0.410 e. The van der Waals surface area contributed by atoms with Crippen LogP contribution in [0.1, 0.15) is 36.8 Å². The number of hydrogen-bond donors (Lipinski definition) is 1. The number of benzene rings is 1. The molecule has 0 bridgehead atoms. The predicted octanol–water partition coefficient (Wildman–Crippen LogP) is 4.05. The van der Waals surface area contributed by atoms with Gasteiger partial charge in [0.15, 0.2) is 0 Å². The molecule has 1 aliphatic heterocycles. The summed E-state index contributed by atoms with van der Waals surface area (Å²) in [7, 11) is 0. The van der Waals surface area contributed by atoms with E-state index in [1.54, 1.807) is 16.2 Å². The van der Waals surface area contributed by atoms with Crippen LogP contribution < -0.4 is 5.32 Å². The number of aromatic nitrogens is 1. The van der Waals surface area contributed by atoms with Crippen LogP contribution in [0.2, 0.25) is 0 Å². The smallest absolute Gasteiger partial charge is 0.410 e. The second kappa shape index (κ2) is 6.81. The first-order valence-electron chi connectivity index (χ1n) is 8.12. The van der Waals surface area contributed by atoms with Gasteiger partial charge in [-0.2, -0.15) is 0 Å². The van der Waals surface area contributed by atoms with E-state index < -0.39 is 5.60 Å². The molecule has 5 nitrogen and oxygen atoms in total. The van der Waals surface area contributed by atoms with Crippen molar-refractivity contribution in [3.05, 3.63) is 45.9 Å². The van der Waals surface area contributed by atoms with Gasteiger partial charge in [-0.05, 0) is 44.4 Å². The number of carbonyl (C=O) groups excluding carboxylic acids is 1. The number of hydrogen-bond acceptors (Lipinski definition) is 5. The van der Waals surface area contributed by atoms with Crippen molar-refractivity contribution in [3.8, 4) is 0 Å². The predicted molar refractivity (Wildman–Crippen MR) is 96.2 cm³/mol. The molecule has 0 unspecified atom stereocenters. The van der Waals surface area contributed by atoms with Gasteiger partial charge in [-0.15, -0.1) is 11.3 Å². The van der Waals surface area contributed by atoms with Crippen LogP contribution in [0.5, 0.6) is 0 Å². The molecule has 1 aliphatic rings. The molecule has 6 heteroatoms. The van der Waals surface area contributed by atoms with Gasteiger partial charge in [0.1, 0.15) is 5.60 Å². The van der Waals surface area contributed by atoms with E-state index in [0.29, 0.717) is 13.1 Å². The van der Waals surface area contributed by atoms with Crippen LogP contribution in [0, 0.1) is 0 Å². The number of carbonyl (C=O) groups is 1. The van der Waals surface area contributed by atoms with Crippen LogP contribution in [0.3, 0.4) is 0 Å². The summed E-state index contributed by atoms with van der Waals surface area (Å²) in [6.45, 7) is 7.70. The molecule has 0 saturated carbocycles. The molecular weight excluding hydrogens is 322 g/mol. The van der Waals surface area contributed by atoms with Crippen molar-refractivity contribution in [2.45, 2.75) is 45.9 Å². The molecule has 24 heavy (non-hydrogen) atoms. The van der Waals surface area contributed by atoms with Crippen molar-refractivity contribution < 1.29 is 9.53 Å². The first-order valence-corrected chi connectivity index (χ1v) is 9.00. The second-order valence-corrected chi connectivity index (χ2v) is 7.89. The number of amides is 1. The number of rotatable bonds is 3. The lowest BCUT2D eigenvalue weighted by molar-refractivity contribution is 0.0224. The molecule has 1 aromatic heterocycles. The minimum atomic E-state index is -0.471. The van der Waals surface area contributed by atoms with E-state index in [1.165, 1.54) is 16.0 Å². The van der Waals surface area contributed by atoms with Gasteiger partial charge in [0, 0.05) is 23.3 Å². The molecule has 0 fully saturated rings. The van der Waals surface area contributed by atoms with Crippen molar-refractivity contribution in [2.24, 2.45) is 0 Å². The molecule has 3 rings (SSSR count). The zero-order chi connectivity index (χ0) is 17.2. The van der Waals surface area contributed by atoms with Crippen LogP contribution >= 0.6 is 11.3 Å². The van der Waals surface area contributed by atoms with Crippen LogP contribution in [-0.4, -0.2) is 28.1 Å². The SMILES string of the molecule is CC(C)(C)OC(=O)N1CCc2cccc(NCc3cncs3)c2C1. The lowest BCUT2D eigenvalue weighted by Crippen LogP contribution is -2.40. The molecule has 1 N–H and O–H groups in total. The lowest BCUT2D eigenvalue weighted by atomic mass is 9.98. The molecule has 0 aliphatic carbocycles. The van der Waals surface area contributed by atoms with Gasteiger partial charge in [-0.25, -0.2) is 4.79 Å². The standard InChI is InChI=1S/C18H23N3O2S/c1-18(2,3)23-17(22)21-8-7-13-5-4-6-16(15(13)11-21)20-10-14-9-19-12-24-14/h4-6,9,12,20H,7-8,10-11H2,1-3H3. The highest BCUT2D eigenvalue weighted by molar-refractivity contribution is 7.09. The van der Waals surface area contributed by atoms with Gasteiger partial charge in [-0.3, -0.25) is 4.98 Å². The average molecular weight is 345 g/mol. The molecule has 0 spiro atoms.